The van der Waals surface area contributed by atoms with Crippen LogP contribution in [0.15, 0.2) is 18.3 Å². The van der Waals surface area contributed by atoms with Gasteiger partial charge in [-0.1, -0.05) is 5.92 Å². The number of carbonyl (C=O) groups is 1. The molecular weight excluding hydrogens is 156 g/mol. The summed E-state index contributed by atoms with van der Waals surface area (Å²) >= 11 is 0. The minimum Gasteiger partial charge on any atom is -0.357 e. The molecule has 0 aliphatic carbocycles. The molecule has 0 saturated heterocycles. The average molecular weight is 164 g/mol. The molecule has 0 radical (unpaired) electrons. The molecule has 1 rings (SSSR count). The van der Waals surface area contributed by atoms with Crippen molar-refractivity contribution in [2.75, 3.05) is 6.61 Å². The summed E-state index contributed by atoms with van der Waals surface area (Å²) in [7, 11) is 0. The van der Waals surface area contributed by atoms with Gasteiger partial charge in [0.25, 0.3) is 5.91 Å². The first-order chi connectivity index (χ1) is 5.84. The summed E-state index contributed by atoms with van der Waals surface area (Å²) in [5.41, 5.74) is 2.61. The fraction of sp³-hybridized carbons (Fsp3) is 0.125. The van der Waals surface area contributed by atoms with E-state index in [1.165, 1.54) is 0 Å². The summed E-state index contributed by atoms with van der Waals surface area (Å²) in [6.07, 6.45) is 6.55. The van der Waals surface area contributed by atoms with Gasteiger partial charge in [0.2, 0.25) is 0 Å². The van der Waals surface area contributed by atoms with Crippen LogP contribution in [0.2, 0.25) is 0 Å². The Hall–Kier alpha value is -1.73. The lowest BCUT2D eigenvalue weighted by molar-refractivity contribution is 0.0434. The van der Waals surface area contributed by atoms with E-state index in [4.69, 9.17) is 6.42 Å². The lowest BCUT2D eigenvalue weighted by Gasteiger charge is -1.99. The van der Waals surface area contributed by atoms with Crippen molar-refractivity contribution in [1.82, 2.24) is 10.5 Å². The molecule has 12 heavy (non-hydrogen) atoms. The topological polar surface area (TPSA) is 54.1 Å². The van der Waals surface area contributed by atoms with Crippen LogP contribution in [-0.4, -0.2) is 17.5 Å². The van der Waals surface area contributed by atoms with E-state index in [0.29, 0.717) is 5.69 Å². The molecule has 2 N–H and O–H groups in total. The van der Waals surface area contributed by atoms with Crippen LogP contribution in [0, 0.1) is 12.3 Å². The molecule has 1 aromatic heterocycles. The van der Waals surface area contributed by atoms with E-state index in [1.807, 2.05) is 0 Å². The summed E-state index contributed by atoms with van der Waals surface area (Å²) < 4.78 is 0. The third-order valence-corrected chi connectivity index (χ3v) is 1.16. The molecule has 0 atom stereocenters. The van der Waals surface area contributed by atoms with Gasteiger partial charge in [-0.2, -0.15) is 0 Å². The average Bonchev–Trinajstić information content (AvgIpc) is 2.56. The van der Waals surface area contributed by atoms with E-state index in [9.17, 15) is 4.79 Å². The van der Waals surface area contributed by atoms with E-state index in [2.05, 4.69) is 21.2 Å². The quantitative estimate of drug-likeness (QED) is 0.383. The Bertz CT molecular complexity index is 285. The van der Waals surface area contributed by atoms with Gasteiger partial charge in [-0.15, -0.1) is 6.42 Å². The number of H-pyrrole nitrogens is 1. The molecule has 1 heterocycles. The summed E-state index contributed by atoms with van der Waals surface area (Å²) in [6, 6.07) is 3.35. The summed E-state index contributed by atoms with van der Waals surface area (Å²) in [4.78, 5) is 18.4. The van der Waals surface area contributed by atoms with Crippen LogP contribution in [0.4, 0.5) is 0 Å². The predicted molar refractivity (Wildman–Crippen MR) is 43.0 cm³/mol. The van der Waals surface area contributed by atoms with Gasteiger partial charge in [-0.3, -0.25) is 9.63 Å². The number of amides is 1. The van der Waals surface area contributed by atoms with Crippen molar-refractivity contribution < 1.29 is 9.63 Å². The first kappa shape index (κ1) is 8.37. The van der Waals surface area contributed by atoms with Gasteiger partial charge in [0.05, 0.1) is 0 Å². The van der Waals surface area contributed by atoms with Crippen molar-refractivity contribution >= 4 is 5.91 Å². The van der Waals surface area contributed by atoms with Crippen LogP contribution in [0.5, 0.6) is 0 Å². The highest BCUT2D eigenvalue weighted by Gasteiger charge is 2.03. The molecule has 0 saturated carbocycles. The molecule has 1 amide bonds. The maximum absolute atomic E-state index is 11.0. The second-order valence-electron chi connectivity index (χ2n) is 2.01. The number of hydrogen-bond acceptors (Lipinski definition) is 2. The fourth-order valence-corrected chi connectivity index (χ4v) is 0.670. The molecule has 0 aliphatic heterocycles. The number of carbonyl (C=O) groups excluding carboxylic acids is 1. The van der Waals surface area contributed by atoms with Gasteiger partial charge < -0.3 is 4.98 Å². The lowest BCUT2D eigenvalue weighted by atomic mass is 10.4. The predicted octanol–water partition coefficient (Wildman–Crippen LogP) is 0.309. The number of aromatic amines is 1. The lowest BCUT2D eigenvalue weighted by Crippen LogP contribution is -2.24. The van der Waals surface area contributed by atoms with Crippen LogP contribution in [-0.2, 0) is 4.84 Å². The van der Waals surface area contributed by atoms with Gasteiger partial charge in [-0.25, -0.2) is 5.48 Å². The smallest absolute Gasteiger partial charge is 0.291 e. The van der Waals surface area contributed by atoms with E-state index >= 15 is 0 Å². The van der Waals surface area contributed by atoms with E-state index < -0.39 is 0 Å². The second-order valence-corrected chi connectivity index (χ2v) is 2.01. The van der Waals surface area contributed by atoms with Crippen molar-refractivity contribution in [2.45, 2.75) is 0 Å². The first-order valence-corrected chi connectivity index (χ1v) is 3.33. The maximum atomic E-state index is 11.0. The Kier molecular flexibility index (Phi) is 2.94. The third kappa shape index (κ3) is 2.15. The van der Waals surface area contributed by atoms with Crippen molar-refractivity contribution in [3.63, 3.8) is 0 Å². The van der Waals surface area contributed by atoms with Crippen molar-refractivity contribution in [3.8, 4) is 12.3 Å². The molecule has 4 heteroatoms. The van der Waals surface area contributed by atoms with Gasteiger partial charge in [0, 0.05) is 6.20 Å². The van der Waals surface area contributed by atoms with E-state index in [0.717, 1.165) is 0 Å². The zero-order valence-electron chi connectivity index (χ0n) is 6.33. The van der Waals surface area contributed by atoms with Crippen molar-refractivity contribution in [3.05, 3.63) is 24.0 Å². The monoisotopic (exact) mass is 164 g/mol. The van der Waals surface area contributed by atoms with E-state index in [1.54, 1.807) is 18.3 Å². The normalized spacial score (nSPS) is 8.92. The van der Waals surface area contributed by atoms with Gasteiger partial charge in [0.15, 0.2) is 0 Å². The maximum Gasteiger partial charge on any atom is 0.291 e. The van der Waals surface area contributed by atoms with Gasteiger partial charge >= 0.3 is 0 Å². The first-order valence-electron chi connectivity index (χ1n) is 3.33. The molecule has 1 aromatic rings. The summed E-state index contributed by atoms with van der Waals surface area (Å²) in [5, 5.41) is 0. The minimum atomic E-state index is -0.338. The molecule has 0 unspecified atom stereocenters. The van der Waals surface area contributed by atoms with Crippen LogP contribution >= 0.6 is 0 Å². The van der Waals surface area contributed by atoms with Crippen LogP contribution in [0.25, 0.3) is 0 Å². The Morgan fingerprint density at radius 1 is 1.83 bits per heavy atom. The summed E-state index contributed by atoms with van der Waals surface area (Å²) in [5.74, 6) is 1.88. The SMILES string of the molecule is C#CCONC(=O)c1ccc[nH]1. The van der Waals surface area contributed by atoms with Gasteiger partial charge in [-0.05, 0) is 12.1 Å². The third-order valence-electron chi connectivity index (χ3n) is 1.16. The molecular formula is C8H8N2O2. The number of nitrogens with one attached hydrogen (secondary N) is 2. The molecule has 4 nitrogen and oxygen atoms in total. The number of aromatic nitrogens is 1. The van der Waals surface area contributed by atoms with Crippen LogP contribution in [0.3, 0.4) is 0 Å². The highest BCUT2D eigenvalue weighted by molar-refractivity contribution is 5.91. The van der Waals surface area contributed by atoms with E-state index in [-0.39, 0.29) is 12.5 Å². The Balaban J connectivity index is 2.36. The number of rotatable bonds is 3. The molecule has 0 bridgehead atoms. The molecule has 62 valence electrons. The number of hydrogen-bond donors (Lipinski definition) is 2. The van der Waals surface area contributed by atoms with Gasteiger partial charge in [0.1, 0.15) is 12.3 Å². The molecule has 0 aliphatic rings. The van der Waals surface area contributed by atoms with Crippen molar-refractivity contribution in [1.29, 1.82) is 0 Å². The standard InChI is InChI=1S/C8H8N2O2/c1-2-6-12-10-8(11)7-4-3-5-9-7/h1,3-5,9H,6H2,(H,10,11). The number of hydroxylamine groups is 1. The highest BCUT2D eigenvalue weighted by Crippen LogP contribution is 1.92. The molecule has 0 fully saturated rings. The Labute approximate surface area is 69.9 Å². The summed E-state index contributed by atoms with van der Waals surface area (Å²) in [6.45, 7) is 0.0620. The minimum absolute atomic E-state index is 0.0620. The molecule has 0 spiro atoms. The second kappa shape index (κ2) is 4.21. The zero-order chi connectivity index (χ0) is 8.81. The largest absolute Gasteiger partial charge is 0.357 e. The Morgan fingerprint density at radius 2 is 2.67 bits per heavy atom. The van der Waals surface area contributed by atoms with Crippen LogP contribution < -0.4 is 5.48 Å². The van der Waals surface area contributed by atoms with Crippen molar-refractivity contribution in [2.24, 2.45) is 0 Å². The highest BCUT2D eigenvalue weighted by atomic mass is 16.6. The fourth-order valence-electron chi connectivity index (χ4n) is 0.670. The number of terminal acetylenes is 1. The Morgan fingerprint density at radius 3 is 3.25 bits per heavy atom. The van der Waals surface area contributed by atoms with Crippen LogP contribution in [0.1, 0.15) is 10.5 Å². The molecule has 0 aromatic carbocycles. The zero-order valence-corrected chi connectivity index (χ0v) is 6.33.